The lowest BCUT2D eigenvalue weighted by molar-refractivity contribution is -0.134. The number of rotatable bonds is 4. The summed E-state index contributed by atoms with van der Waals surface area (Å²) in [5.41, 5.74) is 0. The van der Waals surface area contributed by atoms with Crippen LogP contribution in [0.15, 0.2) is 4.42 Å². The van der Waals surface area contributed by atoms with Crippen molar-refractivity contribution in [3.05, 3.63) is 11.8 Å². The van der Waals surface area contributed by atoms with Crippen LogP contribution in [0.25, 0.3) is 0 Å². The number of aromatic nitrogens is 2. The fraction of sp³-hybridized carbons (Fsp3) is 0.750. The highest BCUT2D eigenvalue weighted by Gasteiger charge is 2.28. The zero-order chi connectivity index (χ0) is 11.5. The van der Waals surface area contributed by atoms with E-state index >= 15 is 0 Å². The van der Waals surface area contributed by atoms with E-state index in [0.717, 1.165) is 6.42 Å². The number of hydrogen-bond donors (Lipinski definition) is 0. The van der Waals surface area contributed by atoms with Gasteiger partial charge in [-0.25, -0.2) is 0 Å². The first-order valence-electron chi connectivity index (χ1n) is 4.45. The number of halogens is 4. The Bertz CT molecular complexity index is 313. The molecule has 1 unspecified atom stereocenters. The summed E-state index contributed by atoms with van der Waals surface area (Å²) in [4.78, 5) is -0.0929. The summed E-state index contributed by atoms with van der Waals surface area (Å²) in [5, 5.41) is 7.20. The number of hydrogen-bond acceptors (Lipinski definition) is 3. The third-order valence-corrected chi connectivity index (χ3v) is 2.77. The van der Waals surface area contributed by atoms with Crippen molar-refractivity contribution in [2.45, 2.75) is 37.2 Å². The first-order valence-corrected chi connectivity index (χ1v) is 5.37. The molecule has 0 N–H and O–H groups in total. The third-order valence-electron chi connectivity index (χ3n) is 1.73. The molecule has 0 bridgehead atoms. The van der Waals surface area contributed by atoms with Crippen molar-refractivity contribution in [2.24, 2.45) is 0 Å². The summed E-state index contributed by atoms with van der Waals surface area (Å²) in [7, 11) is 0. The fourth-order valence-electron chi connectivity index (χ4n) is 0.917. The van der Waals surface area contributed by atoms with Gasteiger partial charge in [0.2, 0.25) is 11.8 Å². The number of nitrogens with zero attached hydrogens (tertiary/aromatic N) is 2. The molecule has 0 aliphatic carbocycles. The molecule has 1 atom stereocenters. The molecule has 0 saturated carbocycles. The van der Waals surface area contributed by atoms with Gasteiger partial charge in [-0.15, -0.1) is 10.2 Å². The fourth-order valence-corrected chi connectivity index (χ4v) is 1.10. The first-order chi connectivity index (χ1) is 6.92. The second-order valence-corrected chi connectivity index (χ2v) is 4.13. The third kappa shape index (κ3) is 4.19. The normalized spacial score (nSPS) is 14.2. The monoisotopic (exact) mass is 286 g/mol. The lowest BCUT2D eigenvalue weighted by atomic mass is 10.3. The van der Waals surface area contributed by atoms with Gasteiger partial charge in [-0.3, -0.25) is 0 Å². The molecule has 0 aromatic carbocycles. The maximum absolute atomic E-state index is 11.9. The standard InChI is InChI=1S/C8H10BrF3N2O/c1-2-5(9)7-14-13-6(15-7)3-4-8(10,11)12/h5H,2-4H2,1H3. The Labute approximate surface area is 93.2 Å². The maximum atomic E-state index is 11.9. The van der Waals surface area contributed by atoms with Crippen molar-refractivity contribution >= 4 is 15.9 Å². The molecule has 0 aliphatic rings. The molecular weight excluding hydrogens is 277 g/mol. The Balaban J connectivity index is 2.53. The van der Waals surface area contributed by atoms with E-state index in [0.29, 0.717) is 5.89 Å². The van der Waals surface area contributed by atoms with Crippen molar-refractivity contribution in [2.75, 3.05) is 0 Å². The number of aryl methyl sites for hydroxylation is 1. The second kappa shape index (κ2) is 4.96. The molecule has 0 fully saturated rings. The summed E-state index contributed by atoms with van der Waals surface area (Å²) in [6.45, 7) is 1.90. The van der Waals surface area contributed by atoms with Gasteiger partial charge in [-0.05, 0) is 6.42 Å². The number of alkyl halides is 4. The van der Waals surface area contributed by atoms with E-state index in [9.17, 15) is 13.2 Å². The quantitative estimate of drug-likeness (QED) is 0.796. The van der Waals surface area contributed by atoms with Crippen molar-refractivity contribution < 1.29 is 17.6 Å². The maximum Gasteiger partial charge on any atom is 0.389 e. The lowest BCUT2D eigenvalue weighted by Crippen LogP contribution is -2.08. The Morgan fingerprint density at radius 1 is 1.40 bits per heavy atom. The van der Waals surface area contributed by atoms with E-state index in [1.54, 1.807) is 0 Å². The van der Waals surface area contributed by atoms with Crippen LogP contribution < -0.4 is 0 Å². The van der Waals surface area contributed by atoms with Gasteiger partial charge in [0.1, 0.15) is 0 Å². The molecule has 3 nitrogen and oxygen atoms in total. The highest BCUT2D eigenvalue weighted by Crippen LogP contribution is 2.26. The minimum Gasteiger partial charge on any atom is -0.424 e. The Kier molecular flexibility index (Phi) is 4.12. The molecule has 0 spiro atoms. The first kappa shape index (κ1) is 12.5. The molecule has 7 heteroatoms. The van der Waals surface area contributed by atoms with Gasteiger partial charge in [-0.1, -0.05) is 22.9 Å². The average molecular weight is 287 g/mol. The predicted octanol–water partition coefficient (Wildman–Crippen LogP) is 3.41. The largest absolute Gasteiger partial charge is 0.424 e. The van der Waals surface area contributed by atoms with E-state index < -0.39 is 12.6 Å². The summed E-state index contributed by atoms with van der Waals surface area (Å²) in [5.74, 6) is 0.356. The van der Waals surface area contributed by atoms with Gasteiger partial charge in [-0.2, -0.15) is 13.2 Å². The zero-order valence-electron chi connectivity index (χ0n) is 8.01. The molecule has 0 amide bonds. The Morgan fingerprint density at radius 2 is 2.07 bits per heavy atom. The van der Waals surface area contributed by atoms with Crippen LogP contribution in [0.3, 0.4) is 0 Å². The molecule has 0 aliphatic heterocycles. The van der Waals surface area contributed by atoms with E-state index in [1.807, 2.05) is 6.92 Å². The lowest BCUT2D eigenvalue weighted by Gasteiger charge is -2.02. The molecular formula is C8H10BrF3N2O. The highest BCUT2D eigenvalue weighted by atomic mass is 79.9. The molecule has 1 aromatic heterocycles. The van der Waals surface area contributed by atoms with Crippen molar-refractivity contribution in [1.82, 2.24) is 10.2 Å². The smallest absolute Gasteiger partial charge is 0.389 e. The predicted molar refractivity (Wildman–Crippen MR) is 50.6 cm³/mol. The summed E-state index contributed by atoms with van der Waals surface area (Å²) in [6, 6.07) is 0. The Morgan fingerprint density at radius 3 is 2.60 bits per heavy atom. The summed E-state index contributed by atoms with van der Waals surface area (Å²) >= 11 is 3.27. The summed E-state index contributed by atoms with van der Waals surface area (Å²) in [6.07, 6.45) is -4.65. The average Bonchev–Trinajstić information content (AvgIpc) is 2.61. The second-order valence-electron chi connectivity index (χ2n) is 3.03. The van der Waals surface area contributed by atoms with Crippen molar-refractivity contribution in [3.63, 3.8) is 0 Å². The van der Waals surface area contributed by atoms with Gasteiger partial charge >= 0.3 is 6.18 Å². The van der Waals surface area contributed by atoms with Gasteiger partial charge < -0.3 is 4.42 Å². The van der Waals surface area contributed by atoms with Crippen molar-refractivity contribution in [1.29, 1.82) is 0 Å². The molecule has 1 rings (SSSR count). The van der Waals surface area contributed by atoms with Crippen molar-refractivity contribution in [3.8, 4) is 0 Å². The topological polar surface area (TPSA) is 38.9 Å². The van der Waals surface area contributed by atoms with Crippen LogP contribution in [-0.2, 0) is 6.42 Å². The van der Waals surface area contributed by atoms with E-state index in [4.69, 9.17) is 4.42 Å². The van der Waals surface area contributed by atoms with Gasteiger partial charge in [0, 0.05) is 6.42 Å². The molecule has 0 radical (unpaired) electrons. The van der Waals surface area contributed by atoms with Crippen LogP contribution in [0.2, 0.25) is 0 Å². The molecule has 1 heterocycles. The molecule has 15 heavy (non-hydrogen) atoms. The highest BCUT2D eigenvalue weighted by molar-refractivity contribution is 9.09. The summed E-state index contributed by atoms with van der Waals surface area (Å²) < 4.78 is 40.7. The minimum absolute atomic E-state index is 0.0280. The van der Waals surface area contributed by atoms with Crippen LogP contribution >= 0.6 is 15.9 Å². The van der Waals surface area contributed by atoms with Gasteiger partial charge in [0.15, 0.2) is 0 Å². The van der Waals surface area contributed by atoms with Crippen LogP contribution in [0.5, 0.6) is 0 Å². The SMILES string of the molecule is CCC(Br)c1nnc(CCC(F)(F)F)o1. The van der Waals surface area contributed by atoms with E-state index in [2.05, 4.69) is 26.1 Å². The van der Waals surface area contributed by atoms with E-state index in [-0.39, 0.29) is 17.1 Å². The minimum atomic E-state index is -4.19. The molecule has 86 valence electrons. The van der Waals surface area contributed by atoms with Gasteiger partial charge in [0.05, 0.1) is 11.2 Å². The van der Waals surface area contributed by atoms with Gasteiger partial charge in [0.25, 0.3) is 0 Å². The van der Waals surface area contributed by atoms with Crippen LogP contribution in [0.4, 0.5) is 13.2 Å². The van der Waals surface area contributed by atoms with E-state index in [1.165, 1.54) is 0 Å². The Hall–Kier alpha value is -0.590. The molecule has 1 aromatic rings. The zero-order valence-corrected chi connectivity index (χ0v) is 9.60. The molecule has 0 saturated heterocycles. The van der Waals surface area contributed by atoms with Crippen LogP contribution in [0.1, 0.15) is 36.4 Å². The van der Waals surface area contributed by atoms with Crippen LogP contribution in [-0.4, -0.2) is 16.4 Å². The van der Waals surface area contributed by atoms with Crippen LogP contribution in [0, 0.1) is 0 Å².